The Kier molecular flexibility index (Phi) is 18.6. The lowest BCUT2D eigenvalue weighted by Crippen LogP contribution is -2.42. The number of methoxy groups -OCH3 is 2. The molecule has 14 nitrogen and oxygen atoms in total. The number of nitrogens with one attached hydrogen (secondary N) is 4. The zero-order valence-electron chi connectivity index (χ0n) is 39.8. The van der Waals surface area contributed by atoms with Gasteiger partial charge in [0.2, 0.25) is 0 Å². The van der Waals surface area contributed by atoms with Crippen LogP contribution in [0, 0.1) is 0 Å². The topological polar surface area (TPSA) is 175 Å². The number of carbonyl (C=O) groups is 2. The lowest BCUT2D eigenvalue weighted by Gasteiger charge is -2.31. The lowest BCUT2D eigenvalue weighted by molar-refractivity contribution is 0.0943. The monoisotopic (exact) mass is 1110 g/mol. The number of hydrogen-bond acceptors (Lipinski definition) is 14. The van der Waals surface area contributed by atoms with Crippen LogP contribution in [0.3, 0.4) is 0 Å². The third-order valence-electron chi connectivity index (χ3n) is 12.3. The van der Waals surface area contributed by atoms with Gasteiger partial charge in [0.25, 0.3) is 31.9 Å². The van der Waals surface area contributed by atoms with Gasteiger partial charge in [-0.05, 0) is 122 Å². The molecule has 4 aromatic carbocycles. The predicted octanol–water partition coefficient (Wildman–Crippen LogP) is 10.0. The van der Waals surface area contributed by atoms with Gasteiger partial charge in [-0.2, -0.15) is 8.61 Å². The third-order valence-corrected chi connectivity index (χ3v) is 22.5. The number of rotatable bonds is 17. The minimum atomic E-state index is -3.57. The fourth-order valence-corrected chi connectivity index (χ4v) is 17.2. The Labute approximate surface area is 443 Å². The number of halogens is 1. The average molecular weight is 1110 g/mol. The van der Waals surface area contributed by atoms with E-state index in [1.54, 1.807) is 91.3 Å². The Morgan fingerprint density at radius 1 is 0.583 bits per heavy atom. The highest BCUT2D eigenvalue weighted by Gasteiger charge is 2.32. The number of ether oxygens (including phenoxy) is 2. The SMILES string of the molecule is COc1cccc(C(=O)NCc2ccc(S(=O)(=O)N3CCC(Nc4ccc(C5SCCS5)cc4)CC3)s2)c1.COc1cccc(C(=O)NCc2ccc(S(=O)(=O)N3CCC(Nc4cccc(Cl)c4)CC3)s2)c1. The first-order chi connectivity index (χ1) is 34.8. The molecule has 2 amide bonds. The van der Waals surface area contributed by atoms with Crippen LogP contribution < -0.4 is 30.7 Å². The number of hydrogen-bond donors (Lipinski definition) is 4. The molecule has 3 fully saturated rings. The van der Waals surface area contributed by atoms with Crippen molar-refractivity contribution in [2.75, 3.05) is 62.5 Å². The minimum Gasteiger partial charge on any atom is -0.497 e. The Balaban J connectivity index is 0.000000194. The summed E-state index contributed by atoms with van der Waals surface area (Å²) in [5, 5.41) is 13.4. The first-order valence-corrected chi connectivity index (χ1v) is 30.4. The first kappa shape index (κ1) is 53.5. The van der Waals surface area contributed by atoms with Crippen molar-refractivity contribution in [1.29, 1.82) is 0 Å². The molecule has 4 N–H and O–H groups in total. The molecule has 21 heteroatoms. The van der Waals surface area contributed by atoms with Crippen LogP contribution in [0.15, 0.2) is 130 Å². The van der Waals surface area contributed by atoms with Gasteiger partial charge in [-0.1, -0.05) is 41.9 Å². The molecule has 0 atom stereocenters. The van der Waals surface area contributed by atoms with E-state index in [0.717, 1.165) is 34.0 Å². The van der Waals surface area contributed by atoms with Gasteiger partial charge in [0.1, 0.15) is 19.9 Å². The maximum absolute atomic E-state index is 13.3. The van der Waals surface area contributed by atoms with Crippen LogP contribution in [0.5, 0.6) is 11.5 Å². The number of sulfonamides is 2. The van der Waals surface area contributed by atoms with Crippen molar-refractivity contribution in [3.8, 4) is 11.5 Å². The number of amides is 2. The summed E-state index contributed by atoms with van der Waals surface area (Å²) >= 11 is 12.4. The number of piperidine rings is 2. The van der Waals surface area contributed by atoms with Crippen molar-refractivity contribution in [1.82, 2.24) is 19.2 Å². The molecular formula is C51H57ClN6O8S6. The maximum Gasteiger partial charge on any atom is 0.252 e. The van der Waals surface area contributed by atoms with Crippen LogP contribution in [-0.4, -0.2) is 101 Å². The van der Waals surface area contributed by atoms with Crippen LogP contribution in [0.25, 0.3) is 0 Å². The summed E-state index contributed by atoms with van der Waals surface area (Å²) in [5.41, 5.74) is 4.36. The molecule has 0 radical (unpaired) electrons. The van der Waals surface area contributed by atoms with Gasteiger partial charge in [0.15, 0.2) is 0 Å². The van der Waals surface area contributed by atoms with Crippen molar-refractivity contribution in [2.45, 2.75) is 63.9 Å². The van der Waals surface area contributed by atoms with E-state index in [9.17, 15) is 26.4 Å². The summed E-state index contributed by atoms with van der Waals surface area (Å²) in [7, 11) is -4.03. The molecule has 0 unspecified atom stereocenters. The normalized spacial score (nSPS) is 16.3. The van der Waals surface area contributed by atoms with E-state index in [2.05, 4.69) is 45.5 Å². The van der Waals surface area contributed by atoms with Gasteiger partial charge in [-0.25, -0.2) is 16.8 Å². The largest absolute Gasteiger partial charge is 0.497 e. The Hall–Kier alpha value is -4.77. The molecule has 3 saturated heterocycles. The van der Waals surface area contributed by atoms with Crippen LogP contribution >= 0.6 is 57.8 Å². The molecule has 0 bridgehead atoms. The number of anilines is 2. The smallest absolute Gasteiger partial charge is 0.252 e. The third kappa shape index (κ3) is 14.1. The quantitative estimate of drug-likeness (QED) is 0.0682. The lowest BCUT2D eigenvalue weighted by atomic mass is 10.1. The highest BCUT2D eigenvalue weighted by Crippen LogP contribution is 2.45. The first-order valence-electron chi connectivity index (χ1n) is 23.4. The van der Waals surface area contributed by atoms with Gasteiger partial charge in [-0.3, -0.25) is 9.59 Å². The molecule has 9 rings (SSSR count). The van der Waals surface area contributed by atoms with Crippen molar-refractivity contribution >= 4 is 101 Å². The fraction of sp³-hybridized carbons (Fsp3) is 0.333. The van der Waals surface area contributed by atoms with Crippen molar-refractivity contribution in [3.63, 3.8) is 0 Å². The molecule has 0 saturated carbocycles. The van der Waals surface area contributed by atoms with Gasteiger partial charge in [0.05, 0.1) is 31.9 Å². The van der Waals surface area contributed by atoms with E-state index in [0.29, 0.717) is 79.7 Å². The van der Waals surface area contributed by atoms with Crippen molar-refractivity contribution in [2.24, 2.45) is 0 Å². The molecule has 3 aliphatic heterocycles. The van der Waals surface area contributed by atoms with E-state index in [-0.39, 0.29) is 37.0 Å². The van der Waals surface area contributed by atoms with Gasteiger partial charge in [-0.15, -0.1) is 46.2 Å². The number of thioether (sulfide) groups is 2. The Bertz CT molecular complexity index is 3010. The number of nitrogens with zero attached hydrogens (tertiary/aromatic N) is 2. The summed E-state index contributed by atoms with van der Waals surface area (Å²) in [4.78, 5) is 26.5. The number of benzene rings is 4. The zero-order valence-corrected chi connectivity index (χ0v) is 45.4. The Morgan fingerprint density at radius 2 is 1.04 bits per heavy atom. The summed E-state index contributed by atoms with van der Waals surface area (Å²) in [6, 6.07) is 37.2. The second-order valence-electron chi connectivity index (χ2n) is 17.1. The van der Waals surface area contributed by atoms with Gasteiger partial charge < -0.3 is 30.7 Å². The minimum absolute atomic E-state index is 0.190. The molecule has 6 aromatic rings. The second-order valence-corrected chi connectivity index (χ2v) is 26.9. The Morgan fingerprint density at radius 3 is 1.50 bits per heavy atom. The summed E-state index contributed by atoms with van der Waals surface area (Å²) in [5.74, 6) is 3.16. The predicted molar refractivity (Wildman–Crippen MR) is 293 cm³/mol. The van der Waals surface area contributed by atoms with Crippen LogP contribution in [-0.2, 0) is 33.1 Å². The molecule has 2 aromatic heterocycles. The molecule has 3 aliphatic rings. The second kappa shape index (κ2) is 25.0. The van der Waals surface area contributed by atoms with E-state index in [1.165, 1.54) is 44.0 Å². The molecule has 0 spiro atoms. The molecule has 72 heavy (non-hydrogen) atoms. The van der Waals surface area contributed by atoms with E-state index >= 15 is 0 Å². The van der Waals surface area contributed by atoms with Crippen LogP contribution in [0.1, 0.15) is 66.3 Å². The summed E-state index contributed by atoms with van der Waals surface area (Å²) < 4.78 is 67.4. The van der Waals surface area contributed by atoms with Gasteiger partial charge in [0, 0.05) is 87.0 Å². The average Bonchev–Trinajstić information content (AvgIpc) is 4.23. The summed E-state index contributed by atoms with van der Waals surface area (Å²) in [6.45, 7) is 2.36. The van der Waals surface area contributed by atoms with Crippen molar-refractivity contribution in [3.05, 3.63) is 153 Å². The van der Waals surface area contributed by atoms with Crippen LogP contribution in [0.2, 0.25) is 5.02 Å². The zero-order chi connectivity index (χ0) is 50.7. The van der Waals surface area contributed by atoms with E-state index in [4.69, 9.17) is 21.1 Å². The molecule has 382 valence electrons. The standard InChI is InChI=1S/C27H31N3O4S4.C24H26ClN3O4S2/c1-34-23-4-2-3-20(17-23)26(31)28-18-24-9-10-25(37-24)38(32,33)30-13-11-22(12-14-30)29-21-7-5-19(6-8-21)27-35-15-16-36-27;1-32-21-7-2-4-17(14-21)24(29)26-16-22-8-9-23(33-22)34(30,31)28-12-10-19(11-13-28)27-20-6-3-5-18(25)15-20/h2-10,17,22,27,29H,11-16,18H2,1H3,(H,28,31);2-9,14-15,19,27H,10-13,16H2,1H3,(H,26,29). The molecule has 5 heterocycles. The molecule has 0 aliphatic carbocycles. The van der Waals surface area contributed by atoms with Gasteiger partial charge >= 0.3 is 0 Å². The van der Waals surface area contributed by atoms with Crippen molar-refractivity contribution < 1.29 is 35.9 Å². The maximum atomic E-state index is 13.3. The number of thiophene rings is 2. The van der Waals surface area contributed by atoms with E-state index < -0.39 is 20.0 Å². The van der Waals surface area contributed by atoms with E-state index in [1.807, 2.05) is 47.8 Å². The summed E-state index contributed by atoms with van der Waals surface area (Å²) in [6.07, 6.45) is 2.93. The highest BCUT2D eigenvalue weighted by molar-refractivity contribution is 8.19. The fourth-order valence-electron chi connectivity index (χ4n) is 8.32. The van der Waals surface area contributed by atoms with Crippen LogP contribution in [0.4, 0.5) is 11.4 Å². The highest BCUT2D eigenvalue weighted by atomic mass is 35.5. The molecular weight excluding hydrogens is 1050 g/mol. The number of carbonyl (C=O) groups excluding carboxylic acids is 2.